The van der Waals surface area contributed by atoms with Crippen LogP contribution in [0.5, 0.6) is 0 Å². The molecule has 2 unspecified atom stereocenters. The highest BCUT2D eigenvalue weighted by molar-refractivity contribution is 7.47. The molecule has 54 heavy (non-hydrogen) atoms. The van der Waals surface area contributed by atoms with Crippen molar-refractivity contribution in [2.45, 2.75) is 187 Å². The molecule has 10 nitrogen and oxygen atoms in total. The van der Waals surface area contributed by atoms with Crippen LogP contribution in [0.3, 0.4) is 0 Å². The van der Waals surface area contributed by atoms with Crippen molar-refractivity contribution in [3.05, 3.63) is 48.6 Å². The molecule has 0 saturated carbocycles. The third-order valence-corrected chi connectivity index (χ3v) is 9.70. The van der Waals surface area contributed by atoms with Crippen molar-refractivity contribution in [2.24, 2.45) is 0 Å². The van der Waals surface area contributed by atoms with Gasteiger partial charge in [-0.1, -0.05) is 152 Å². The van der Waals surface area contributed by atoms with Crippen LogP contribution >= 0.6 is 7.82 Å². The van der Waals surface area contributed by atoms with Gasteiger partial charge in [-0.3, -0.25) is 18.6 Å². The van der Waals surface area contributed by atoms with E-state index in [4.69, 9.17) is 19.1 Å². The van der Waals surface area contributed by atoms with Gasteiger partial charge in [0, 0.05) is 12.8 Å². The number of esters is 2. The summed E-state index contributed by atoms with van der Waals surface area (Å²) in [6.07, 6.45) is 41.0. The van der Waals surface area contributed by atoms with E-state index >= 15 is 0 Å². The number of carbonyl (C=O) groups is 2. The van der Waals surface area contributed by atoms with Crippen LogP contribution in [0.1, 0.15) is 174 Å². The molecule has 0 heterocycles. The van der Waals surface area contributed by atoms with Gasteiger partial charge in [0.15, 0.2) is 6.10 Å². The van der Waals surface area contributed by atoms with Crippen molar-refractivity contribution < 1.29 is 47.8 Å². The van der Waals surface area contributed by atoms with Gasteiger partial charge in [-0.15, -0.1) is 0 Å². The summed E-state index contributed by atoms with van der Waals surface area (Å²) >= 11 is 0. The molecule has 0 spiro atoms. The highest BCUT2D eigenvalue weighted by Gasteiger charge is 2.27. The summed E-state index contributed by atoms with van der Waals surface area (Å²) in [7, 11) is -4.63. The van der Waals surface area contributed by atoms with Crippen molar-refractivity contribution >= 4 is 19.8 Å². The first-order valence-electron chi connectivity index (χ1n) is 21.1. The zero-order chi connectivity index (χ0) is 39.8. The molecular formula is C43H77O10P. The Hall–Kier alpha value is -2.07. The Morgan fingerprint density at radius 2 is 1.06 bits per heavy atom. The quantitative estimate of drug-likeness (QED) is 0.0181. The predicted molar refractivity (Wildman–Crippen MR) is 219 cm³/mol. The molecule has 0 aromatic carbocycles. The van der Waals surface area contributed by atoms with Gasteiger partial charge in [0.25, 0.3) is 0 Å². The standard InChI is InChI=1S/C43H77O10P/c1-3-5-7-9-11-13-15-17-18-19-20-21-23-24-26-28-30-32-34-42(46)50-38-41(39-52-54(48,49)51-37-40(45)36-44)53-43(47)35-33-31-29-27-25-22-16-14-12-10-8-6-4-2/h18-22,25,29,31,40-41,44-45H,3-17,23-24,26-28,30,32-39H2,1-2H3,(H,48,49)/b19-18+,21-20+,25-22+,31-29+/t40-,41?/m1/s1. The van der Waals surface area contributed by atoms with E-state index in [-0.39, 0.29) is 19.4 Å². The molecular weight excluding hydrogens is 707 g/mol. The summed E-state index contributed by atoms with van der Waals surface area (Å²) in [5.74, 6) is -1.02. The van der Waals surface area contributed by atoms with Crippen molar-refractivity contribution in [2.75, 3.05) is 26.4 Å². The van der Waals surface area contributed by atoms with Gasteiger partial charge in [-0.05, 0) is 57.8 Å². The van der Waals surface area contributed by atoms with E-state index in [1.165, 1.54) is 83.5 Å². The number of unbranched alkanes of at least 4 members (excludes halogenated alkanes) is 18. The first-order valence-corrected chi connectivity index (χ1v) is 22.6. The van der Waals surface area contributed by atoms with E-state index in [0.717, 1.165) is 51.4 Å². The van der Waals surface area contributed by atoms with Crippen molar-refractivity contribution in [1.82, 2.24) is 0 Å². The Morgan fingerprint density at radius 1 is 0.574 bits per heavy atom. The minimum absolute atomic E-state index is 0.0736. The predicted octanol–water partition coefficient (Wildman–Crippen LogP) is 10.9. The van der Waals surface area contributed by atoms with E-state index in [1.807, 2.05) is 12.2 Å². The van der Waals surface area contributed by atoms with Crippen LogP contribution < -0.4 is 0 Å². The molecule has 0 aliphatic rings. The van der Waals surface area contributed by atoms with E-state index in [1.54, 1.807) is 0 Å². The lowest BCUT2D eigenvalue weighted by molar-refractivity contribution is -0.161. The number of hydrogen-bond acceptors (Lipinski definition) is 9. The second-order valence-corrected chi connectivity index (χ2v) is 15.5. The van der Waals surface area contributed by atoms with Crippen LogP contribution in [0.4, 0.5) is 0 Å². The summed E-state index contributed by atoms with van der Waals surface area (Å²) in [6.45, 7) is 2.27. The lowest BCUT2D eigenvalue weighted by atomic mass is 10.1. The molecule has 0 amide bonds. The van der Waals surface area contributed by atoms with Gasteiger partial charge >= 0.3 is 19.8 Å². The van der Waals surface area contributed by atoms with Crippen molar-refractivity contribution in [1.29, 1.82) is 0 Å². The average Bonchev–Trinajstić information content (AvgIpc) is 3.16. The summed E-state index contributed by atoms with van der Waals surface area (Å²) in [4.78, 5) is 34.9. The summed E-state index contributed by atoms with van der Waals surface area (Å²) in [6, 6.07) is 0. The zero-order valence-corrected chi connectivity index (χ0v) is 34.8. The molecule has 0 aliphatic carbocycles. The van der Waals surface area contributed by atoms with Gasteiger partial charge < -0.3 is 24.6 Å². The minimum Gasteiger partial charge on any atom is -0.462 e. The highest BCUT2D eigenvalue weighted by Crippen LogP contribution is 2.43. The zero-order valence-electron chi connectivity index (χ0n) is 33.9. The topological polar surface area (TPSA) is 149 Å². The van der Waals surface area contributed by atoms with E-state index in [0.29, 0.717) is 12.8 Å². The molecule has 11 heteroatoms. The Balaban J connectivity index is 4.39. The molecule has 0 aromatic rings. The molecule has 0 fully saturated rings. The summed E-state index contributed by atoms with van der Waals surface area (Å²) < 4.78 is 32.6. The Kier molecular flexibility index (Phi) is 37.7. The normalized spacial score (nSPS) is 14.4. The maximum atomic E-state index is 12.5. The highest BCUT2D eigenvalue weighted by atomic mass is 31.2. The molecule has 0 saturated heterocycles. The second-order valence-electron chi connectivity index (χ2n) is 14.0. The van der Waals surface area contributed by atoms with Gasteiger partial charge in [0.1, 0.15) is 12.7 Å². The number of carbonyl (C=O) groups excluding carboxylic acids is 2. The van der Waals surface area contributed by atoms with Crippen LogP contribution in [0.15, 0.2) is 48.6 Å². The SMILES string of the molecule is CCCCCCCC/C=C/C/C=C/CCC(=O)OC(COC(=O)CCCCCCC/C=C/C=C/CCCCCCCCC)COP(=O)(O)OC[C@H](O)CO. The van der Waals surface area contributed by atoms with Gasteiger partial charge in [-0.2, -0.15) is 0 Å². The number of hydrogen-bond donors (Lipinski definition) is 3. The van der Waals surface area contributed by atoms with Crippen molar-refractivity contribution in [3.8, 4) is 0 Å². The maximum Gasteiger partial charge on any atom is 0.472 e. The smallest absolute Gasteiger partial charge is 0.462 e. The first kappa shape index (κ1) is 51.9. The number of allylic oxidation sites excluding steroid dienone is 8. The van der Waals surface area contributed by atoms with Gasteiger partial charge in [-0.25, -0.2) is 4.57 Å². The lowest BCUT2D eigenvalue weighted by Gasteiger charge is -2.20. The number of rotatable bonds is 39. The minimum atomic E-state index is -4.63. The molecule has 0 bridgehead atoms. The molecule has 0 rings (SSSR count). The Labute approximate surface area is 328 Å². The number of aliphatic hydroxyl groups excluding tert-OH is 2. The van der Waals surface area contributed by atoms with Crippen molar-refractivity contribution in [3.63, 3.8) is 0 Å². The first-order chi connectivity index (χ1) is 26.2. The summed E-state index contributed by atoms with van der Waals surface area (Å²) in [5.41, 5.74) is 0. The Morgan fingerprint density at radius 3 is 1.61 bits per heavy atom. The molecule has 3 atom stereocenters. The third kappa shape index (κ3) is 38.2. The number of phosphoric ester groups is 1. The largest absolute Gasteiger partial charge is 0.472 e. The lowest BCUT2D eigenvalue weighted by Crippen LogP contribution is -2.29. The van der Waals surface area contributed by atoms with Gasteiger partial charge in [0.2, 0.25) is 0 Å². The van der Waals surface area contributed by atoms with Gasteiger partial charge in [0.05, 0.1) is 19.8 Å². The van der Waals surface area contributed by atoms with E-state index < -0.39 is 51.8 Å². The number of ether oxygens (including phenoxy) is 2. The van der Waals surface area contributed by atoms with E-state index in [2.05, 4.69) is 54.8 Å². The number of aliphatic hydroxyl groups is 2. The average molecular weight is 785 g/mol. The molecule has 0 radical (unpaired) electrons. The molecule has 0 aromatic heterocycles. The number of phosphoric acid groups is 1. The fraction of sp³-hybridized carbons (Fsp3) is 0.767. The van der Waals surface area contributed by atoms with Crippen LogP contribution in [0.2, 0.25) is 0 Å². The second kappa shape index (κ2) is 39.2. The van der Waals surface area contributed by atoms with Crippen LogP contribution in [0, 0.1) is 0 Å². The molecule has 0 aliphatic heterocycles. The third-order valence-electron chi connectivity index (χ3n) is 8.75. The van der Waals surface area contributed by atoms with Crippen LogP contribution in [-0.2, 0) is 32.7 Å². The van der Waals surface area contributed by atoms with Crippen LogP contribution in [0.25, 0.3) is 0 Å². The fourth-order valence-corrected chi connectivity index (χ4v) is 6.24. The fourth-order valence-electron chi connectivity index (χ4n) is 5.45. The van der Waals surface area contributed by atoms with E-state index in [9.17, 15) is 24.2 Å². The maximum absolute atomic E-state index is 12.5. The molecule has 314 valence electrons. The molecule has 3 N–H and O–H groups in total. The Bertz CT molecular complexity index is 1040. The van der Waals surface area contributed by atoms with Crippen LogP contribution in [-0.4, -0.2) is 65.7 Å². The summed E-state index contributed by atoms with van der Waals surface area (Å²) in [5, 5.41) is 18.3. The monoisotopic (exact) mass is 785 g/mol.